The summed E-state index contributed by atoms with van der Waals surface area (Å²) < 4.78 is 2.11. The van der Waals surface area contributed by atoms with Crippen LogP contribution in [0, 0.1) is 5.92 Å². The van der Waals surface area contributed by atoms with Gasteiger partial charge in [-0.3, -0.25) is 0 Å². The van der Waals surface area contributed by atoms with Gasteiger partial charge >= 0.3 is 0 Å². The Labute approximate surface area is 104 Å². The molecule has 1 fully saturated rings. The van der Waals surface area contributed by atoms with Crippen LogP contribution in [0.3, 0.4) is 0 Å². The van der Waals surface area contributed by atoms with Crippen molar-refractivity contribution < 1.29 is 0 Å². The number of aryl methyl sites for hydroxylation is 1. The molecule has 17 heavy (non-hydrogen) atoms. The second-order valence-corrected chi connectivity index (χ2v) is 5.16. The fraction of sp³-hybridized carbons (Fsp3) is 0.769. The van der Waals surface area contributed by atoms with Gasteiger partial charge in [0.25, 0.3) is 0 Å². The van der Waals surface area contributed by atoms with Gasteiger partial charge in [0, 0.05) is 39.0 Å². The lowest BCUT2D eigenvalue weighted by Crippen LogP contribution is -2.35. The Morgan fingerprint density at radius 3 is 2.88 bits per heavy atom. The largest absolute Gasteiger partial charge is 0.338 e. The number of aromatic nitrogens is 2. The van der Waals surface area contributed by atoms with E-state index in [4.69, 9.17) is 0 Å². The minimum absolute atomic E-state index is 0.877. The number of nitrogens with zero attached hydrogens (tertiary/aromatic N) is 3. The molecule has 1 aromatic heterocycles. The summed E-state index contributed by atoms with van der Waals surface area (Å²) in [5.74, 6) is 2.06. The van der Waals surface area contributed by atoms with Crippen molar-refractivity contribution >= 4 is 0 Å². The van der Waals surface area contributed by atoms with E-state index in [0.717, 1.165) is 18.9 Å². The van der Waals surface area contributed by atoms with Crippen LogP contribution in [-0.2, 0) is 13.5 Å². The third-order valence-corrected chi connectivity index (χ3v) is 3.67. The van der Waals surface area contributed by atoms with Gasteiger partial charge in [0.1, 0.15) is 5.82 Å². The quantitative estimate of drug-likeness (QED) is 0.824. The zero-order valence-corrected chi connectivity index (χ0v) is 11.0. The molecule has 1 saturated heterocycles. The van der Waals surface area contributed by atoms with Crippen molar-refractivity contribution in [3.63, 3.8) is 0 Å². The summed E-state index contributed by atoms with van der Waals surface area (Å²) in [7, 11) is 4.29. The third-order valence-electron chi connectivity index (χ3n) is 3.67. The first-order valence-electron chi connectivity index (χ1n) is 6.61. The van der Waals surface area contributed by atoms with Crippen molar-refractivity contribution in [1.82, 2.24) is 19.8 Å². The van der Waals surface area contributed by atoms with E-state index < -0.39 is 0 Å². The Hall–Kier alpha value is -0.870. The Morgan fingerprint density at radius 1 is 1.47 bits per heavy atom. The molecule has 0 saturated carbocycles. The number of rotatable bonds is 5. The molecule has 0 aromatic carbocycles. The van der Waals surface area contributed by atoms with Crippen molar-refractivity contribution in [1.29, 1.82) is 0 Å². The Morgan fingerprint density at radius 2 is 2.24 bits per heavy atom. The number of imidazole rings is 1. The zero-order valence-electron chi connectivity index (χ0n) is 11.0. The molecule has 0 aliphatic carbocycles. The fourth-order valence-electron chi connectivity index (χ4n) is 2.52. The molecule has 0 radical (unpaired) electrons. The summed E-state index contributed by atoms with van der Waals surface area (Å²) in [5, 5.41) is 3.42. The molecule has 0 unspecified atom stereocenters. The monoisotopic (exact) mass is 236 g/mol. The maximum Gasteiger partial charge on any atom is 0.109 e. The molecule has 1 aliphatic rings. The molecule has 2 heterocycles. The topological polar surface area (TPSA) is 33.1 Å². The maximum absolute atomic E-state index is 4.36. The molecule has 0 amide bonds. The van der Waals surface area contributed by atoms with E-state index >= 15 is 0 Å². The number of likely N-dealkylation sites (N-methyl/N-ethyl adjacent to an activating group) is 1. The lowest BCUT2D eigenvalue weighted by molar-refractivity contribution is 0.241. The number of hydrogen-bond acceptors (Lipinski definition) is 3. The SMILES string of the molecule is CN(CCc1nccn1C)CC1CCNCC1. The highest BCUT2D eigenvalue weighted by Crippen LogP contribution is 2.12. The summed E-state index contributed by atoms with van der Waals surface area (Å²) in [6.07, 6.45) is 7.59. The number of nitrogens with one attached hydrogen (secondary N) is 1. The smallest absolute Gasteiger partial charge is 0.109 e. The highest BCUT2D eigenvalue weighted by Gasteiger charge is 2.15. The predicted molar refractivity (Wildman–Crippen MR) is 70.0 cm³/mol. The van der Waals surface area contributed by atoms with Crippen LogP contribution in [0.2, 0.25) is 0 Å². The minimum atomic E-state index is 0.877. The van der Waals surface area contributed by atoms with E-state index in [1.165, 1.54) is 38.3 Å². The van der Waals surface area contributed by atoms with Gasteiger partial charge in [-0.15, -0.1) is 0 Å². The summed E-state index contributed by atoms with van der Waals surface area (Å²) in [6, 6.07) is 0. The van der Waals surface area contributed by atoms with Gasteiger partial charge < -0.3 is 14.8 Å². The molecule has 96 valence electrons. The van der Waals surface area contributed by atoms with E-state index in [9.17, 15) is 0 Å². The van der Waals surface area contributed by atoms with Gasteiger partial charge in [0.05, 0.1) is 0 Å². The third kappa shape index (κ3) is 3.82. The fourth-order valence-corrected chi connectivity index (χ4v) is 2.52. The first kappa shape index (κ1) is 12.6. The van der Waals surface area contributed by atoms with Gasteiger partial charge in [0.15, 0.2) is 0 Å². The normalized spacial score (nSPS) is 17.8. The van der Waals surface area contributed by atoms with E-state index in [-0.39, 0.29) is 0 Å². The molecular formula is C13H24N4. The highest BCUT2D eigenvalue weighted by atomic mass is 15.1. The number of hydrogen-bond donors (Lipinski definition) is 1. The van der Waals surface area contributed by atoms with Crippen molar-refractivity contribution in [2.45, 2.75) is 19.3 Å². The second kappa shape index (κ2) is 6.17. The van der Waals surface area contributed by atoms with Crippen LogP contribution in [-0.4, -0.2) is 47.7 Å². The summed E-state index contributed by atoms with van der Waals surface area (Å²) in [4.78, 5) is 6.81. The van der Waals surface area contributed by atoms with Crippen molar-refractivity contribution in [3.05, 3.63) is 18.2 Å². The molecule has 1 aromatic rings. The molecule has 0 spiro atoms. The van der Waals surface area contributed by atoms with Gasteiger partial charge in [-0.05, 0) is 38.9 Å². The van der Waals surface area contributed by atoms with Gasteiger partial charge in [0.2, 0.25) is 0 Å². The van der Waals surface area contributed by atoms with Gasteiger partial charge in [-0.2, -0.15) is 0 Å². The first-order chi connectivity index (χ1) is 8.25. The van der Waals surface area contributed by atoms with Crippen LogP contribution >= 0.6 is 0 Å². The summed E-state index contributed by atoms with van der Waals surface area (Å²) in [6.45, 7) is 4.72. The molecule has 2 rings (SSSR count). The lowest BCUT2D eigenvalue weighted by atomic mass is 9.98. The summed E-state index contributed by atoms with van der Waals surface area (Å²) >= 11 is 0. The molecule has 4 heteroatoms. The minimum Gasteiger partial charge on any atom is -0.338 e. The molecule has 1 N–H and O–H groups in total. The summed E-state index contributed by atoms with van der Waals surface area (Å²) in [5.41, 5.74) is 0. The molecule has 4 nitrogen and oxygen atoms in total. The van der Waals surface area contributed by atoms with Gasteiger partial charge in [-0.1, -0.05) is 0 Å². The van der Waals surface area contributed by atoms with Crippen LogP contribution in [0.25, 0.3) is 0 Å². The average Bonchev–Trinajstić information content (AvgIpc) is 2.74. The van der Waals surface area contributed by atoms with E-state index in [2.05, 4.69) is 33.9 Å². The molecule has 1 aliphatic heterocycles. The lowest BCUT2D eigenvalue weighted by Gasteiger charge is -2.27. The van der Waals surface area contributed by atoms with E-state index in [1.54, 1.807) is 0 Å². The van der Waals surface area contributed by atoms with Crippen LogP contribution in [0.1, 0.15) is 18.7 Å². The first-order valence-corrected chi connectivity index (χ1v) is 6.61. The maximum atomic E-state index is 4.36. The van der Waals surface area contributed by atoms with Crippen molar-refractivity contribution in [2.24, 2.45) is 13.0 Å². The average molecular weight is 236 g/mol. The van der Waals surface area contributed by atoms with Gasteiger partial charge in [-0.25, -0.2) is 4.98 Å². The van der Waals surface area contributed by atoms with Crippen molar-refractivity contribution in [3.8, 4) is 0 Å². The Kier molecular flexibility index (Phi) is 4.57. The predicted octanol–water partition coefficient (Wildman–Crippen LogP) is 0.894. The number of piperidine rings is 1. The van der Waals surface area contributed by atoms with E-state index in [0.29, 0.717) is 0 Å². The van der Waals surface area contributed by atoms with Crippen LogP contribution in [0.15, 0.2) is 12.4 Å². The van der Waals surface area contributed by atoms with Crippen LogP contribution < -0.4 is 5.32 Å². The van der Waals surface area contributed by atoms with Crippen molar-refractivity contribution in [2.75, 3.05) is 33.2 Å². The molecular weight excluding hydrogens is 212 g/mol. The highest BCUT2D eigenvalue weighted by molar-refractivity contribution is 4.91. The standard InChI is InChI=1S/C13H24N4/c1-16(11-12-3-6-14-7-4-12)9-5-13-15-8-10-17(13)2/h8,10,12,14H,3-7,9,11H2,1-2H3. The van der Waals surface area contributed by atoms with Crippen LogP contribution in [0.4, 0.5) is 0 Å². The Balaban J connectivity index is 1.70. The zero-order chi connectivity index (χ0) is 12.1. The van der Waals surface area contributed by atoms with E-state index in [1.807, 2.05) is 12.4 Å². The molecule has 0 atom stereocenters. The molecule has 0 bridgehead atoms. The van der Waals surface area contributed by atoms with Crippen LogP contribution in [0.5, 0.6) is 0 Å². The Bertz CT molecular complexity index is 328. The second-order valence-electron chi connectivity index (χ2n) is 5.16.